The van der Waals surface area contributed by atoms with Crippen molar-refractivity contribution >= 4 is 12.0 Å². The second kappa shape index (κ2) is 6.47. The normalized spacial score (nSPS) is 18.9. The van der Waals surface area contributed by atoms with Crippen LogP contribution in [0.15, 0.2) is 0 Å². The van der Waals surface area contributed by atoms with Gasteiger partial charge in [0.25, 0.3) is 0 Å². The molecule has 98 valence electrons. The maximum Gasteiger partial charge on any atom is 0.315 e. The van der Waals surface area contributed by atoms with Crippen LogP contribution in [0.1, 0.15) is 39.5 Å². The van der Waals surface area contributed by atoms with Gasteiger partial charge >= 0.3 is 12.0 Å². The van der Waals surface area contributed by atoms with E-state index in [1.165, 1.54) is 19.3 Å². The third kappa shape index (κ3) is 4.63. The molecule has 0 bridgehead atoms. The Morgan fingerprint density at radius 3 is 2.47 bits per heavy atom. The zero-order valence-electron chi connectivity index (χ0n) is 10.5. The quantitative estimate of drug-likeness (QED) is 0.661. The zero-order chi connectivity index (χ0) is 12.8. The fraction of sp³-hybridized carbons (Fsp3) is 0.833. The monoisotopic (exact) mass is 242 g/mol. The molecule has 1 aliphatic carbocycles. The van der Waals surface area contributed by atoms with Crippen LogP contribution in [0.3, 0.4) is 0 Å². The van der Waals surface area contributed by atoms with Gasteiger partial charge in [-0.15, -0.1) is 0 Å². The van der Waals surface area contributed by atoms with Crippen LogP contribution in [0.2, 0.25) is 0 Å². The van der Waals surface area contributed by atoms with Crippen molar-refractivity contribution in [3.05, 3.63) is 0 Å². The van der Waals surface area contributed by atoms with Crippen molar-refractivity contribution in [3.8, 4) is 0 Å². The third-order valence-corrected chi connectivity index (χ3v) is 3.50. The molecule has 0 aromatic rings. The lowest BCUT2D eigenvalue weighted by Gasteiger charge is -2.31. The van der Waals surface area contributed by atoms with Crippen molar-refractivity contribution < 1.29 is 14.7 Å². The number of carboxylic acids is 1. The number of hydrogen-bond donors (Lipinski definition) is 3. The van der Waals surface area contributed by atoms with E-state index in [9.17, 15) is 9.59 Å². The lowest BCUT2D eigenvalue weighted by atomic mass is 9.80. The lowest BCUT2D eigenvalue weighted by Crippen LogP contribution is -2.46. The van der Waals surface area contributed by atoms with Gasteiger partial charge in [0.15, 0.2) is 0 Å². The Balaban J connectivity index is 2.10. The van der Waals surface area contributed by atoms with Crippen molar-refractivity contribution in [2.75, 3.05) is 6.54 Å². The average Bonchev–Trinajstić information content (AvgIpc) is 2.13. The van der Waals surface area contributed by atoms with E-state index in [-0.39, 0.29) is 12.1 Å². The van der Waals surface area contributed by atoms with Crippen LogP contribution in [0, 0.1) is 11.8 Å². The van der Waals surface area contributed by atoms with Crippen LogP contribution in [-0.2, 0) is 4.79 Å². The van der Waals surface area contributed by atoms with Gasteiger partial charge in [-0.2, -0.15) is 0 Å². The molecule has 0 heterocycles. The lowest BCUT2D eigenvalue weighted by molar-refractivity contribution is -0.141. The minimum atomic E-state index is -0.824. The molecule has 0 saturated heterocycles. The SMILES string of the molecule is CC(CCNC(=O)NC(C)C1CCC1)C(=O)O. The van der Waals surface area contributed by atoms with Crippen molar-refractivity contribution in [3.63, 3.8) is 0 Å². The van der Waals surface area contributed by atoms with Crippen LogP contribution < -0.4 is 10.6 Å². The van der Waals surface area contributed by atoms with E-state index < -0.39 is 11.9 Å². The van der Waals surface area contributed by atoms with E-state index in [2.05, 4.69) is 10.6 Å². The Kier molecular flexibility index (Phi) is 5.25. The molecule has 2 amide bonds. The summed E-state index contributed by atoms with van der Waals surface area (Å²) in [6, 6.07) is 0.0163. The zero-order valence-corrected chi connectivity index (χ0v) is 10.5. The number of carbonyl (C=O) groups excluding carboxylic acids is 1. The number of nitrogens with one attached hydrogen (secondary N) is 2. The summed E-state index contributed by atoms with van der Waals surface area (Å²) in [7, 11) is 0. The molecule has 0 aliphatic heterocycles. The highest BCUT2D eigenvalue weighted by Crippen LogP contribution is 2.29. The van der Waals surface area contributed by atoms with Gasteiger partial charge in [-0.1, -0.05) is 13.3 Å². The van der Waals surface area contributed by atoms with Crippen LogP contribution >= 0.6 is 0 Å². The average molecular weight is 242 g/mol. The van der Waals surface area contributed by atoms with Gasteiger partial charge in [0.2, 0.25) is 0 Å². The van der Waals surface area contributed by atoms with Crippen LogP contribution in [0.4, 0.5) is 4.79 Å². The van der Waals surface area contributed by atoms with Gasteiger partial charge in [0, 0.05) is 12.6 Å². The largest absolute Gasteiger partial charge is 0.481 e. The van der Waals surface area contributed by atoms with Gasteiger partial charge < -0.3 is 15.7 Å². The second-order valence-corrected chi connectivity index (χ2v) is 4.91. The maximum absolute atomic E-state index is 11.5. The molecule has 3 N–H and O–H groups in total. The Bertz CT molecular complexity index is 277. The fourth-order valence-corrected chi connectivity index (χ4v) is 1.84. The highest BCUT2D eigenvalue weighted by Gasteiger charge is 2.24. The molecule has 0 spiro atoms. The molecule has 2 atom stereocenters. The number of aliphatic carboxylic acids is 1. The summed E-state index contributed by atoms with van der Waals surface area (Å²) in [6.45, 7) is 4.05. The van der Waals surface area contributed by atoms with Crippen LogP contribution in [0.25, 0.3) is 0 Å². The standard InChI is InChI=1S/C12H22N2O3/c1-8(11(15)16)6-7-13-12(17)14-9(2)10-4-3-5-10/h8-10H,3-7H2,1-2H3,(H,15,16)(H2,13,14,17). The fourth-order valence-electron chi connectivity index (χ4n) is 1.84. The van der Waals surface area contributed by atoms with Crippen LogP contribution in [0.5, 0.6) is 0 Å². The summed E-state index contributed by atoms with van der Waals surface area (Å²) in [4.78, 5) is 22.0. The Hall–Kier alpha value is -1.26. The Morgan fingerprint density at radius 1 is 1.35 bits per heavy atom. The Morgan fingerprint density at radius 2 is 2.00 bits per heavy atom. The summed E-state index contributed by atoms with van der Waals surface area (Å²) in [5.41, 5.74) is 0. The molecule has 0 aromatic heterocycles. The number of carbonyl (C=O) groups is 2. The maximum atomic E-state index is 11.5. The predicted molar refractivity (Wildman–Crippen MR) is 64.8 cm³/mol. The molecule has 1 aliphatic rings. The molecule has 17 heavy (non-hydrogen) atoms. The summed E-state index contributed by atoms with van der Waals surface area (Å²) in [5.74, 6) is -0.631. The van der Waals surface area contributed by atoms with Gasteiger partial charge in [0.05, 0.1) is 5.92 Å². The summed E-state index contributed by atoms with van der Waals surface area (Å²) in [6.07, 6.45) is 4.10. The number of rotatable bonds is 6. The minimum absolute atomic E-state index is 0.193. The number of urea groups is 1. The van der Waals surface area contributed by atoms with Gasteiger partial charge in [0.1, 0.15) is 0 Å². The summed E-state index contributed by atoms with van der Waals surface area (Å²) >= 11 is 0. The van der Waals surface area contributed by atoms with Crippen molar-refractivity contribution in [2.24, 2.45) is 11.8 Å². The molecular formula is C12H22N2O3. The Labute approximate surface area is 102 Å². The third-order valence-electron chi connectivity index (χ3n) is 3.50. The number of carboxylic acid groups (broad SMARTS) is 1. The van der Waals surface area contributed by atoms with Crippen molar-refractivity contribution in [1.29, 1.82) is 0 Å². The van der Waals surface area contributed by atoms with Gasteiger partial charge in [-0.25, -0.2) is 4.79 Å². The van der Waals surface area contributed by atoms with E-state index in [1.54, 1.807) is 6.92 Å². The van der Waals surface area contributed by atoms with E-state index in [4.69, 9.17) is 5.11 Å². The van der Waals surface area contributed by atoms with E-state index >= 15 is 0 Å². The molecule has 1 fully saturated rings. The molecule has 5 nitrogen and oxygen atoms in total. The predicted octanol–water partition coefficient (Wildman–Crippen LogP) is 1.58. The molecular weight excluding hydrogens is 220 g/mol. The first-order chi connectivity index (χ1) is 8.00. The first-order valence-electron chi connectivity index (χ1n) is 6.28. The van der Waals surface area contributed by atoms with Gasteiger partial charge in [-0.05, 0) is 32.1 Å². The molecule has 2 unspecified atom stereocenters. The van der Waals surface area contributed by atoms with E-state index in [1.807, 2.05) is 6.92 Å². The molecule has 1 saturated carbocycles. The number of amides is 2. The highest BCUT2D eigenvalue weighted by molar-refractivity contribution is 5.74. The smallest absolute Gasteiger partial charge is 0.315 e. The highest BCUT2D eigenvalue weighted by atomic mass is 16.4. The molecule has 0 aromatic carbocycles. The minimum Gasteiger partial charge on any atom is -0.481 e. The summed E-state index contributed by atoms with van der Waals surface area (Å²) in [5, 5.41) is 14.3. The van der Waals surface area contributed by atoms with E-state index in [0.29, 0.717) is 18.9 Å². The number of hydrogen-bond acceptors (Lipinski definition) is 2. The van der Waals surface area contributed by atoms with E-state index in [0.717, 1.165) is 0 Å². The van der Waals surface area contributed by atoms with Gasteiger partial charge in [-0.3, -0.25) is 4.79 Å². The first kappa shape index (κ1) is 13.8. The summed E-state index contributed by atoms with van der Waals surface area (Å²) < 4.78 is 0. The topological polar surface area (TPSA) is 78.4 Å². The van der Waals surface area contributed by atoms with Crippen molar-refractivity contribution in [1.82, 2.24) is 10.6 Å². The van der Waals surface area contributed by atoms with Crippen LogP contribution in [-0.4, -0.2) is 29.7 Å². The molecule has 0 radical (unpaired) electrons. The molecule has 5 heteroatoms. The van der Waals surface area contributed by atoms with Crippen molar-refractivity contribution in [2.45, 2.75) is 45.6 Å². The first-order valence-corrected chi connectivity index (χ1v) is 6.28. The molecule has 1 rings (SSSR count). The second-order valence-electron chi connectivity index (χ2n) is 4.91.